The van der Waals surface area contributed by atoms with Gasteiger partial charge in [0.1, 0.15) is 11.2 Å². The molecule has 130 valence electrons. The molecule has 0 atom stereocenters. The highest BCUT2D eigenvalue weighted by molar-refractivity contribution is 6.16. The normalized spacial score (nSPS) is 14.5. The molecule has 0 heterocycles. The van der Waals surface area contributed by atoms with Crippen LogP contribution in [0.4, 0.5) is 21.5 Å². The average Bonchev–Trinajstić information content (AvgIpc) is 3.39. The maximum absolute atomic E-state index is 13.7. The second-order valence-electron chi connectivity index (χ2n) is 6.41. The zero-order valence-corrected chi connectivity index (χ0v) is 14.2. The highest BCUT2D eigenvalue weighted by Crippen LogP contribution is 2.47. The molecular weight excluding hydrogens is 321 g/mol. The van der Waals surface area contributed by atoms with Gasteiger partial charge in [0.25, 0.3) is 0 Å². The van der Waals surface area contributed by atoms with Crippen LogP contribution in [-0.2, 0) is 9.59 Å². The van der Waals surface area contributed by atoms with E-state index >= 15 is 0 Å². The van der Waals surface area contributed by atoms with Crippen LogP contribution in [0, 0.1) is 11.2 Å². The van der Waals surface area contributed by atoms with E-state index in [1.54, 1.807) is 24.3 Å². The molecule has 0 spiro atoms. The van der Waals surface area contributed by atoms with E-state index in [4.69, 9.17) is 0 Å². The average molecular weight is 341 g/mol. The largest absolute Gasteiger partial charge is 0.378 e. The van der Waals surface area contributed by atoms with Gasteiger partial charge in [0.05, 0.1) is 5.69 Å². The number of benzene rings is 2. The lowest BCUT2D eigenvalue weighted by Gasteiger charge is -2.17. The predicted molar refractivity (Wildman–Crippen MR) is 96.1 cm³/mol. The molecule has 0 aliphatic heterocycles. The minimum Gasteiger partial charge on any atom is -0.378 e. The number of hydrogen-bond donors (Lipinski definition) is 2. The summed E-state index contributed by atoms with van der Waals surface area (Å²) in [4.78, 5) is 27.0. The summed E-state index contributed by atoms with van der Waals surface area (Å²) < 4.78 is 13.7. The molecule has 2 N–H and O–H groups in total. The molecule has 2 aromatic rings. The summed E-state index contributed by atoms with van der Waals surface area (Å²) in [5.74, 6) is -1.36. The van der Waals surface area contributed by atoms with Crippen LogP contribution in [0.15, 0.2) is 48.5 Å². The summed E-state index contributed by atoms with van der Waals surface area (Å²) in [6, 6.07) is 13.3. The molecule has 0 unspecified atom stereocenters. The molecule has 1 saturated carbocycles. The van der Waals surface area contributed by atoms with E-state index in [0.717, 1.165) is 5.69 Å². The van der Waals surface area contributed by atoms with Gasteiger partial charge < -0.3 is 15.5 Å². The topological polar surface area (TPSA) is 61.4 Å². The lowest BCUT2D eigenvalue weighted by Crippen LogP contribution is -2.35. The first-order valence-electron chi connectivity index (χ1n) is 8.07. The van der Waals surface area contributed by atoms with Crippen LogP contribution in [0.5, 0.6) is 0 Å². The molecule has 0 bridgehead atoms. The van der Waals surface area contributed by atoms with Crippen LogP contribution in [-0.4, -0.2) is 25.9 Å². The van der Waals surface area contributed by atoms with Gasteiger partial charge in [-0.05, 0) is 49.2 Å². The van der Waals surface area contributed by atoms with Crippen molar-refractivity contribution in [3.8, 4) is 0 Å². The van der Waals surface area contributed by atoms with Gasteiger partial charge in [0.2, 0.25) is 11.8 Å². The molecule has 0 saturated heterocycles. The van der Waals surface area contributed by atoms with Crippen molar-refractivity contribution in [2.45, 2.75) is 12.8 Å². The van der Waals surface area contributed by atoms with Gasteiger partial charge in [-0.2, -0.15) is 0 Å². The van der Waals surface area contributed by atoms with E-state index in [1.165, 1.54) is 12.1 Å². The zero-order valence-electron chi connectivity index (χ0n) is 14.2. The first-order chi connectivity index (χ1) is 11.9. The number of amides is 2. The highest BCUT2D eigenvalue weighted by Gasteiger charge is 2.56. The van der Waals surface area contributed by atoms with Crippen molar-refractivity contribution in [2.24, 2.45) is 5.41 Å². The Morgan fingerprint density at radius 1 is 0.960 bits per heavy atom. The SMILES string of the molecule is CN(C)c1ccc(NC(=O)C2(C(=O)Nc3ccccc3F)CC2)cc1. The van der Waals surface area contributed by atoms with Crippen LogP contribution in [0.2, 0.25) is 0 Å². The summed E-state index contributed by atoms with van der Waals surface area (Å²) >= 11 is 0. The molecule has 3 rings (SSSR count). The van der Waals surface area contributed by atoms with Crippen molar-refractivity contribution in [1.82, 2.24) is 0 Å². The highest BCUT2D eigenvalue weighted by atomic mass is 19.1. The molecule has 1 fully saturated rings. The number of nitrogens with zero attached hydrogens (tertiary/aromatic N) is 1. The summed E-state index contributed by atoms with van der Waals surface area (Å²) in [5.41, 5.74) is 0.599. The molecule has 5 nitrogen and oxygen atoms in total. The number of carbonyl (C=O) groups excluding carboxylic acids is 2. The number of rotatable bonds is 5. The molecule has 6 heteroatoms. The summed E-state index contributed by atoms with van der Waals surface area (Å²) in [7, 11) is 3.86. The molecule has 0 radical (unpaired) electrons. The Morgan fingerprint density at radius 3 is 2.12 bits per heavy atom. The van der Waals surface area contributed by atoms with Crippen LogP contribution >= 0.6 is 0 Å². The number of halogens is 1. The Hall–Kier alpha value is -2.89. The minimum absolute atomic E-state index is 0.0851. The fourth-order valence-corrected chi connectivity index (χ4v) is 2.58. The fraction of sp³-hybridized carbons (Fsp3) is 0.263. The third-order valence-electron chi connectivity index (χ3n) is 4.38. The molecule has 2 amide bonds. The maximum atomic E-state index is 13.7. The third-order valence-corrected chi connectivity index (χ3v) is 4.38. The quantitative estimate of drug-likeness (QED) is 0.821. The molecular formula is C19H20FN3O2. The Morgan fingerprint density at radius 2 is 1.56 bits per heavy atom. The second-order valence-corrected chi connectivity index (χ2v) is 6.41. The first-order valence-corrected chi connectivity index (χ1v) is 8.07. The lowest BCUT2D eigenvalue weighted by atomic mass is 10.0. The second kappa shape index (κ2) is 6.55. The first kappa shape index (κ1) is 17.0. The maximum Gasteiger partial charge on any atom is 0.240 e. The number of carbonyl (C=O) groups is 2. The molecule has 25 heavy (non-hydrogen) atoms. The molecule has 1 aliphatic rings. The van der Waals surface area contributed by atoms with Crippen LogP contribution in [0.1, 0.15) is 12.8 Å². The van der Waals surface area contributed by atoms with Crippen molar-refractivity contribution < 1.29 is 14.0 Å². The monoisotopic (exact) mass is 341 g/mol. The Balaban J connectivity index is 1.68. The summed E-state index contributed by atoms with van der Waals surface area (Å²) in [5, 5.41) is 5.30. The van der Waals surface area contributed by atoms with Crippen molar-refractivity contribution in [2.75, 3.05) is 29.6 Å². The predicted octanol–water partition coefficient (Wildman–Crippen LogP) is 3.25. The van der Waals surface area contributed by atoms with Crippen molar-refractivity contribution in [1.29, 1.82) is 0 Å². The van der Waals surface area contributed by atoms with Gasteiger partial charge in [0, 0.05) is 25.5 Å². The molecule has 0 aromatic heterocycles. The van der Waals surface area contributed by atoms with Gasteiger partial charge in [-0.15, -0.1) is 0 Å². The van der Waals surface area contributed by atoms with Crippen molar-refractivity contribution >= 4 is 28.9 Å². The number of nitrogens with one attached hydrogen (secondary N) is 2. The Kier molecular flexibility index (Phi) is 4.44. The number of hydrogen-bond acceptors (Lipinski definition) is 3. The third kappa shape index (κ3) is 3.47. The molecule has 2 aromatic carbocycles. The van der Waals surface area contributed by atoms with Gasteiger partial charge in [-0.3, -0.25) is 9.59 Å². The van der Waals surface area contributed by atoms with E-state index in [9.17, 15) is 14.0 Å². The van der Waals surface area contributed by atoms with Crippen molar-refractivity contribution in [3.63, 3.8) is 0 Å². The van der Waals surface area contributed by atoms with Crippen LogP contribution in [0.25, 0.3) is 0 Å². The van der Waals surface area contributed by atoms with Gasteiger partial charge in [0.15, 0.2) is 0 Å². The van der Waals surface area contributed by atoms with Gasteiger partial charge >= 0.3 is 0 Å². The van der Waals surface area contributed by atoms with Crippen LogP contribution in [0.3, 0.4) is 0 Å². The molecule has 1 aliphatic carbocycles. The van der Waals surface area contributed by atoms with Gasteiger partial charge in [-0.25, -0.2) is 4.39 Å². The van der Waals surface area contributed by atoms with E-state index < -0.39 is 17.1 Å². The Labute approximate surface area is 145 Å². The summed E-state index contributed by atoms with van der Waals surface area (Å²) in [6.45, 7) is 0. The van der Waals surface area contributed by atoms with Crippen LogP contribution < -0.4 is 15.5 Å². The van der Waals surface area contributed by atoms with E-state index in [0.29, 0.717) is 18.5 Å². The minimum atomic E-state index is -1.12. The van der Waals surface area contributed by atoms with Crippen molar-refractivity contribution in [3.05, 3.63) is 54.3 Å². The van der Waals surface area contributed by atoms with Gasteiger partial charge in [-0.1, -0.05) is 12.1 Å². The van der Waals surface area contributed by atoms with E-state index in [2.05, 4.69) is 10.6 Å². The zero-order chi connectivity index (χ0) is 18.0. The standard InChI is InChI=1S/C19H20FN3O2/c1-23(2)14-9-7-13(8-10-14)21-17(24)19(11-12-19)18(25)22-16-6-4-3-5-15(16)20/h3-10H,11-12H2,1-2H3,(H,21,24)(H,22,25). The number of para-hydroxylation sites is 1. The smallest absolute Gasteiger partial charge is 0.240 e. The summed E-state index contributed by atoms with van der Waals surface area (Å²) in [6.07, 6.45) is 0.907. The van der Waals surface area contributed by atoms with E-state index in [1.807, 2.05) is 31.1 Å². The lowest BCUT2D eigenvalue weighted by molar-refractivity contribution is -0.131. The number of anilines is 3. The Bertz CT molecular complexity index is 799. The fourth-order valence-electron chi connectivity index (χ4n) is 2.58. The van der Waals surface area contributed by atoms with E-state index in [-0.39, 0.29) is 11.6 Å².